The molecule has 2 amide bonds. The zero-order valence-electron chi connectivity index (χ0n) is 19.8. The molecule has 0 saturated heterocycles. The van der Waals surface area contributed by atoms with Crippen LogP contribution in [-0.4, -0.2) is 25.5 Å². The van der Waals surface area contributed by atoms with Crippen LogP contribution in [0.2, 0.25) is 0 Å². The fourth-order valence-corrected chi connectivity index (χ4v) is 3.67. The Labute approximate surface area is 199 Å². The molecular weight excluding hydrogens is 428 g/mol. The van der Waals surface area contributed by atoms with Gasteiger partial charge in [0.15, 0.2) is 0 Å². The summed E-state index contributed by atoms with van der Waals surface area (Å²) in [4.78, 5) is 28.3. The van der Waals surface area contributed by atoms with Gasteiger partial charge in [-0.15, -0.1) is 0 Å². The van der Waals surface area contributed by atoms with Gasteiger partial charge in [-0.3, -0.25) is 9.59 Å². The summed E-state index contributed by atoms with van der Waals surface area (Å²) in [5.41, 5.74) is 3.38. The van der Waals surface area contributed by atoms with Crippen LogP contribution in [0.5, 0.6) is 11.5 Å². The molecule has 0 fully saturated rings. The summed E-state index contributed by atoms with van der Waals surface area (Å²) in [5, 5.41) is 3.17. The summed E-state index contributed by atoms with van der Waals surface area (Å²) < 4.78 is 11.1. The number of anilines is 2. The van der Waals surface area contributed by atoms with Gasteiger partial charge in [0.2, 0.25) is 0 Å². The van der Waals surface area contributed by atoms with Crippen LogP contribution in [0.4, 0.5) is 11.4 Å². The number of ether oxygens (including phenoxy) is 2. The molecule has 34 heavy (non-hydrogen) atoms. The molecule has 1 heterocycles. The fourth-order valence-electron chi connectivity index (χ4n) is 3.67. The number of hydrogen-bond donors (Lipinski definition) is 1. The largest absolute Gasteiger partial charge is 0.497 e. The molecule has 0 radical (unpaired) electrons. The first-order valence-corrected chi connectivity index (χ1v) is 11.2. The summed E-state index contributed by atoms with van der Waals surface area (Å²) >= 11 is 0. The van der Waals surface area contributed by atoms with E-state index in [0.29, 0.717) is 46.5 Å². The first-order valence-electron chi connectivity index (χ1n) is 11.2. The van der Waals surface area contributed by atoms with Gasteiger partial charge in [0.25, 0.3) is 11.8 Å². The summed E-state index contributed by atoms with van der Waals surface area (Å²) in [6, 6.07) is 21.8. The van der Waals surface area contributed by atoms with Crippen molar-refractivity contribution in [3.8, 4) is 11.5 Å². The van der Waals surface area contributed by atoms with Crippen LogP contribution in [-0.2, 0) is 9.59 Å². The Hall–Kier alpha value is -4.06. The molecule has 6 nitrogen and oxygen atoms in total. The number of carbonyl (C=O) groups excluding carboxylic acids is 2. The number of methoxy groups -OCH3 is 1. The normalized spacial score (nSPS) is 13.6. The van der Waals surface area contributed by atoms with Crippen LogP contribution in [0, 0.1) is 12.8 Å². The second-order valence-electron chi connectivity index (χ2n) is 8.62. The van der Waals surface area contributed by atoms with Crippen molar-refractivity contribution in [2.75, 3.05) is 23.9 Å². The van der Waals surface area contributed by atoms with Crippen LogP contribution >= 0.6 is 0 Å². The third-order valence-corrected chi connectivity index (χ3v) is 5.44. The van der Waals surface area contributed by atoms with Gasteiger partial charge in [0.1, 0.15) is 17.2 Å². The Morgan fingerprint density at radius 1 is 0.882 bits per heavy atom. The van der Waals surface area contributed by atoms with Gasteiger partial charge in [0.05, 0.1) is 25.0 Å². The Bertz CT molecular complexity index is 1230. The molecule has 174 valence electrons. The minimum absolute atomic E-state index is 0.217. The number of imide groups is 1. The average molecular weight is 457 g/mol. The number of amides is 2. The van der Waals surface area contributed by atoms with Crippen LogP contribution in [0.3, 0.4) is 0 Å². The van der Waals surface area contributed by atoms with Gasteiger partial charge in [-0.1, -0.05) is 49.7 Å². The van der Waals surface area contributed by atoms with E-state index in [1.54, 1.807) is 25.3 Å². The van der Waals surface area contributed by atoms with E-state index in [2.05, 4.69) is 19.2 Å². The number of nitrogens with one attached hydrogen (secondary N) is 1. The molecule has 4 rings (SSSR count). The van der Waals surface area contributed by atoms with E-state index < -0.39 is 5.91 Å². The van der Waals surface area contributed by atoms with Crippen molar-refractivity contribution in [1.82, 2.24) is 0 Å². The van der Waals surface area contributed by atoms with Gasteiger partial charge in [-0.25, -0.2) is 4.90 Å². The minimum Gasteiger partial charge on any atom is -0.497 e. The number of aryl methyl sites for hydroxylation is 1. The lowest BCUT2D eigenvalue weighted by Gasteiger charge is -2.15. The highest BCUT2D eigenvalue weighted by molar-refractivity contribution is 6.46. The second kappa shape index (κ2) is 9.83. The van der Waals surface area contributed by atoms with Gasteiger partial charge in [0, 0.05) is 11.8 Å². The SMILES string of the molecule is COc1cccc(NC2=C(c3ccc(OCC(C)C)cc3)C(=O)N(c3ccc(C)cc3)C2=O)c1. The molecule has 1 aliphatic rings. The topological polar surface area (TPSA) is 67.9 Å². The smallest absolute Gasteiger partial charge is 0.282 e. The molecule has 0 aliphatic carbocycles. The van der Waals surface area contributed by atoms with E-state index in [1.807, 2.05) is 61.5 Å². The van der Waals surface area contributed by atoms with E-state index in [9.17, 15) is 9.59 Å². The molecular formula is C28H28N2O4. The van der Waals surface area contributed by atoms with Crippen molar-refractivity contribution in [2.45, 2.75) is 20.8 Å². The lowest BCUT2D eigenvalue weighted by Crippen LogP contribution is -2.32. The molecule has 0 spiro atoms. The van der Waals surface area contributed by atoms with E-state index >= 15 is 0 Å². The van der Waals surface area contributed by atoms with Crippen molar-refractivity contribution < 1.29 is 19.1 Å². The lowest BCUT2D eigenvalue weighted by molar-refractivity contribution is -0.120. The maximum Gasteiger partial charge on any atom is 0.282 e. The van der Waals surface area contributed by atoms with Crippen LogP contribution in [0.25, 0.3) is 5.57 Å². The summed E-state index contributed by atoms with van der Waals surface area (Å²) in [6.45, 7) is 6.72. The highest BCUT2D eigenvalue weighted by Gasteiger charge is 2.40. The zero-order chi connectivity index (χ0) is 24.2. The molecule has 0 atom stereocenters. The molecule has 1 N–H and O–H groups in total. The standard InChI is InChI=1S/C28H28N2O4/c1-18(2)17-34-23-14-10-20(11-15-23)25-26(29-21-6-5-7-24(16-21)33-4)28(32)30(27(25)31)22-12-8-19(3)9-13-22/h5-16,18,29H,17H2,1-4H3. The van der Waals surface area contributed by atoms with Crippen molar-refractivity contribution >= 4 is 28.8 Å². The summed E-state index contributed by atoms with van der Waals surface area (Å²) in [5.74, 6) is 0.971. The van der Waals surface area contributed by atoms with Crippen LogP contribution in [0.15, 0.2) is 78.5 Å². The van der Waals surface area contributed by atoms with Crippen molar-refractivity contribution in [3.63, 3.8) is 0 Å². The number of carbonyl (C=O) groups is 2. The van der Waals surface area contributed by atoms with Gasteiger partial charge in [-0.2, -0.15) is 0 Å². The Kier molecular flexibility index (Phi) is 6.68. The zero-order valence-corrected chi connectivity index (χ0v) is 19.8. The summed E-state index contributed by atoms with van der Waals surface area (Å²) in [6.07, 6.45) is 0. The number of rotatable bonds is 8. The summed E-state index contributed by atoms with van der Waals surface area (Å²) in [7, 11) is 1.58. The monoisotopic (exact) mass is 456 g/mol. The molecule has 0 saturated carbocycles. The van der Waals surface area contributed by atoms with E-state index in [4.69, 9.17) is 9.47 Å². The van der Waals surface area contributed by atoms with E-state index in [-0.39, 0.29) is 11.6 Å². The third-order valence-electron chi connectivity index (χ3n) is 5.44. The molecule has 3 aromatic rings. The molecule has 3 aromatic carbocycles. The van der Waals surface area contributed by atoms with Crippen molar-refractivity contribution in [1.29, 1.82) is 0 Å². The first-order chi connectivity index (χ1) is 16.4. The Morgan fingerprint density at radius 3 is 2.24 bits per heavy atom. The van der Waals surface area contributed by atoms with Gasteiger partial charge in [-0.05, 0) is 54.8 Å². The van der Waals surface area contributed by atoms with Crippen molar-refractivity contribution in [2.24, 2.45) is 5.92 Å². The number of benzene rings is 3. The fraction of sp³-hybridized carbons (Fsp3) is 0.214. The predicted octanol–water partition coefficient (Wildman–Crippen LogP) is 5.44. The molecule has 0 bridgehead atoms. The molecule has 6 heteroatoms. The average Bonchev–Trinajstić information content (AvgIpc) is 3.08. The highest BCUT2D eigenvalue weighted by Crippen LogP contribution is 2.35. The third kappa shape index (κ3) is 4.81. The highest BCUT2D eigenvalue weighted by atomic mass is 16.5. The maximum absolute atomic E-state index is 13.6. The van der Waals surface area contributed by atoms with Gasteiger partial charge < -0.3 is 14.8 Å². The Morgan fingerprint density at radius 2 is 1.59 bits per heavy atom. The lowest BCUT2D eigenvalue weighted by atomic mass is 10.0. The number of hydrogen-bond acceptors (Lipinski definition) is 5. The number of nitrogens with zero attached hydrogens (tertiary/aromatic N) is 1. The quantitative estimate of drug-likeness (QED) is 0.458. The van der Waals surface area contributed by atoms with E-state index in [1.165, 1.54) is 4.90 Å². The van der Waals surface area contributed by atoms with E-state index in [0.717, 1.165) is 5.56 Å². The molecule has 1 aliphatic heterocycles. The predicted molar refractivity (Wildman–Crippen MR) is 134 cm³/mol. The molecule has 0 aromatic heterocycles. The van der Waals surface area contributed by atoms with Crippen LogP contribution in [0.1, 0.15) is 25.0 Å². The van der Waals surface area contributed by atoms with Crippen molar-refractivity contribution in [3.05, 3.63) is 89.6 Å². The molecule has 0 unspecified atom stereocenters. The van der Waals surface area contributed by atoms with Crippen LogP contribution < -0.4 is 19.7 Å². The van der Waals surface area contributed by atoms with Gasteiger partial charge >= 0.3 is 0 Å². The maximum atomic E-state index is 13.6. The first kappa shape index (κ1) is 23.1. The second-order valence-corrected chi connectivity index (χ2v) is 8.62. The minimum atomic E-state index is -0.410. The Balaban J connectivity index is 1.74.